The molecule has 0 bridgehead atoms. The predicted molar refractivity (Wildman–Crippen MR) is 160 cm³/mol. The van der Waals surface area contributed by atoms with Crippen LogP contribution < -0.4 is 5.32 Å². The fourth-order valence-electron chi connectivity index (χ4n) is 11.3. The summed E-state index contributed by atoms with van der Waals surface area (Å²) in [5, 5.41) is 4.29. The minimum Gasteiger partial charge on any atom is -0.353 e. The van der Waals surface area contributed by atoms with Gasteiger partial charge in [0.05, 0.1) is 12.5 Å². The standard InChI is InChI=1S/C35H52N2O4/c1-11-37(41-10)29(40)32(6)17-16-31(5)18-19-34(8)23(24(31)21-32)20-25(39)28-33(7)14-13-27(36-22(2)38)30(3,4)26(33)12-15-35(28,34)9/h1,20,24,26-28H,12-19,21H2,2-10H3,(H,36,38)/t24-,26?,27-,28+,31+,32-,33-,34+,35+/m0/s1. The van der Waals surface area contributed by atoms with Crippen molar-refractivity contribution in [3.63, 3.8) is 0 Å². The van der Waals surface area contributed by atoms with Crippen molar-refractivity contribution in [3.05, 3.63) is 11.6 Å². The van der Waals surface area contributed by atoms with Gasteiger partial charge in [-0.05, 0) is 103 Å². The summed E-state index contributed by atoms with van der Waals surface area (Å²) in [6.45, 7) is 17.9. The molecule has 0 heterocycles. The molecule has 9 atom stereocenters. The van der Waals surface area contributed by atoms with Crippen LogP contribution in [0.1, 0.15) is 113 Å². The van der Waals surface area contributed by atoms with E-state index in [2.05, 4.69) is 59.0 Å². The number of nitrogens with one attached hydrogen (secondary N) is 1. The molecule has 41 heavy (non-hydrogen) atoms. The van der Waals surface area contributed by atoms with Crippen LogP contribution in [0.2, 0.25) is 0 Å². The Labute approximate surface area is 247 Å². The molecule has 0 aromatic rings. The number of ketones is 1. The maximum Gasteiger partial charge on any atom is 0.264 e. The third kappa shape index (κ3) is 4.04. The number of carbonyl (C=O) groups is 3. The van der Waals surface area contributed by atoms with E-state index in [1.807, 2.05) is 6.92 Å². The molecule has 6 heteroatoms. The van der Waals surface area contributed by atoms with E-state index < -0.39 is 5.41 Å². The van der Waals surface area contributed by atoms with Crippen LogP contribution in [0.25, 0.3) is 0 Å². The Morgan fingerprint density at radius 2 is 1.66 bits per heavy atom. The third-order valence-electron chi connectivity index (χ3n) is 14.0. The fraction of sp³-hybridized carbons (Fsp3) is 0.800. The lowest BCUT2D eigenvalue weighted by molar-refractivity contribution is -0.191. The van der Waals surface area contributed by atoms with Crippen LogP contribution in [0.5, 0.6) is 0 Å². The van der Waals surface area contributed by atoms with Crippen molar-refractivity contribution in [2.24, 2.45) is 50.2 Å². The highest BCUT2D eigenvalue weighted by atomic mass is 16.7. The Hall–Kier alpha value is -2.13. The van der Waals surface area contributed by atoms with E-state index in [0.29, 0.717) is 12.3 Å². The maximum absolute atomic E-state index is 14.6. The molecule has 0 aromatic carbocycles. The molecule has 0 aliphatic heterocycles. The summed E-state index contributed by atoms with van der Waals surface area (Å²) in [4.78, 5) is 45.4. The average Bonchev–Trinajstić information content (AvgIpc) is 2.88. The quantitative estimate of drug-likeness (QED) is 0.243. The number of fused-ring (bicyclic) bond motifs is 7. The van der Waals surface area contributed by atoms with Gasteiger partial charge < -0.3 is 5.32 Å². The molecule has 4 fully saturated rings. The molecule has 0 aromatic heterocycles. The van der Waals surface area contributed by atoms with Crippen molar-refractivity contribution in [3.8, 4) is 12.5 Å². The molecular weight excluding hydrogens is 512 g/mol. The van der Waals surface area contributed by atoms with E-state index in [-0.39, 0.29) is 62.6 Å². The zero-order valence-electron chi connectivity index (χ0n) is 26.9. The summed E-state index contributed by atoms with van der Waals surface area (Å²) in [5.41, 5.74) is 0.212. The number of allylic oxidation sites excluding steroid dienone is 2. The summed E-state index contributed by atoms with van der Waals surface area (Å²) in [6, 6.07) is 2.52. The number of amides is 2. The lowest BCUT2D eigenvalue weighted by atomic mass is 9.33. The topological polar surface area (TPSA) is 75.7 Å². The normalized spacial score (nSPS) is 46.4. The summed E-state index contributed by atoms with van der Waals surface area (Å²) in [5.74, 6) is 0.612. The molecule has 4 saturated carbocycles. The number of nitrogens with zero attached hydrogens (tertiary/aromatic N) is 1. The molecule has 5 rings (SSSR count). The molecule has 0 saturated heterocycles. The van der Waals surface area contributed by atoms with Gasteiger partial charge in [-0.1, -0.05) is 60.5 Å². The van der Waals surface area contributed by atoms with Gasteiger partial charge in [0.1, 0.15) is 0 Å². The van der Waals surface area contributed by atoms with Crippen LogP contribution in [0.3, 0.4) is 0 Å². The van der Waals surface area contributed by atoms with Gasteiger partial charge in [0.15, 0.2) is 5.78 Å². The second-order valence-electron chi connectivity index (χ2n) is 16.3. The molecule has 1 unspecified atom stereocenters. The Kier molecular flexibility index (Phi) is 6.98. The maximum atomic E-state index is 14.6. The number of carbonyl (C=O) groups excluding carboxylic acids is 3. The first-order valence-corrected chi connectivity index (χ1v) is 15.8. The zero-order chi connectivity index (χ0) is 30.4. The first kappa shape index (κ1) is 30.3. The largest absolute Gasteiger partial charge is 0.353 e. The highest BCUT2D eigenvalue weighted by Gasteiger charge is 2.70. The van der Waals surface area contributed by atoms with Crippen LogP contribution in [0.15, 0.2) is 11.6 Å². The third-order valence-corrected chi connectivity index (χ3v) is 14.0. The number of hydroxylamine groups is 2. The van der Waals surface area contributed by atoms with E-state index in [0.717, 1.165) is 56.4 Å². The lowest BCUT2D eigenvalue weighted by Crippen LogP contribution is -2.67. The minimum absolute atomic E-state index is 0.0280. The van der Waals surface area contributed by atoms with Crippen molar-refractivity contribution in [1.82, 2.24) is 10.4 Å². The van der Waals surface area contributed by atoms with E-state index in [1.165, 1.54) is 12.7 Å². The number of hydrogen-bond acceptors (Lipinski definition) is 4. The monoisotopic (exact) mass is 564 g/mol. The number of rotatable bonds is 3. The van der Waals surface area contributed by atoms with Crippen LogP contribution in [0.4, 0.5) is 0 Å². The first-order chi connectivity index (χ1) is 18.9. The van der Waals surface area contributed by atoms with Gasteiger partial charge in [0, 0.05) is 24.9 Å². The summed E-state index contributed by atoms with van der Waals surface area (Å²) in [7, 11) is 1.44. The van der Waals surface area contributed by atoms with Gasteiger partial charge in [-0.3, -0.25) is 19.2 Å². The lowest BCUT2D eigenvalue weighted by Gasteiger charge is -2.70. The van der Waals surface area contributed by atoms with Gasteiger partial charge in [0.2, 0.25) is 5.91 Å². The molecular formula is C35H52N2O4. The van der Waals surface area contributed by atoms with E-state index in [4.69, 9.17) is 11.3 Å². The summed E-state index contributed by atoms with van der Waals surface area (Å²) < 4.78 is 0. The Bertz CT molecular complexity index is 1230. The highest BCUT2D eigenvalue weighted by molar-refractivity contribution is 5.96. The summed E-state index contributed by atoms with van der Waals surface area (Å²) in [6.07, 6.45) is 16.1. The van der Waals surface area contributed by atoms with E-state index in [1.54, 1.807) is 6.92 Å². The van der Waals surface area contributed by atoms with E-state index >= 15 is 0 Å². The van der Waals surface area contributed by atoms with Gasteiger partial charge in [-0.2, -0.15) is 0 Å². The van der Waals surface area contributed by atoms with Crippen molar-refractivity contribution >= 4 is 17.6 Å². The Morgan fingerprint density at radius 3 is 2.27 bits per heavy atom. The van der Waals surface area contributed by atoms with Crippen LogP contribution >= 0.6 is 0 Å². The Morgan fingerprint density at radius 1 is 1.00 bits per heavy atom. The molecule has 0 radical (unpaired) electrons. The predicted octanol–water partition coefficient (Wildman–Crippen LogP) is 6.45. The Balaban J connectivity index is 1.55. The van der Waals surface area contributed by atoms with Gasteiger partial charge >= 0.3 is 0 Å². The SMILES string of the molecule is C#CN(OC)C(=O)[C@@]1(C)CC[C@]2(C)CC[C@]3(C)C(=CC(=O)[C@@H]4[C@@]5(C)CC[C@H](NC(C)=O)C(C)(C)C5CC[C@]43C)[C@@H]2C1. The average molecular weight is 565 g/mol. The van der Waals surface area contributed by atoms with Crippen molar-refractivity contribution < 1.29 is 19.2 Å². The van der Waals surface area contributed by atoms with Crippen molar-refractivity contribution in [1.29, 1.82) is 0 Å². The first-order valence-electron chi connectivity index (χ1n) is 15.8. The number of terminal acetylenes is 1. The second-order valence-corrected chi connectivity index (χ2v) is 16.3. The molecule has 1 N–H and O–H groups in total. The molecule has 0 spiro atoms. The van der Waals surface area contributed by atoms with Gasteiger partial charge in [-0.15, -0.1) is 5.06 Å². The number of hydrogen-bond donors (Lipinski definition) is 1. The van der Waals surface area contributed by atoms with Gasteiger partial charge in [0.25, 0.3) is 5.91 Å². The zero-order valence-corrected chi connectivity index (χ0v) is 26.9. The summed E-state index contributed by atoms with van der Waals surface area (Å²) >= 11 is 0. The molecule has 6 nitrogen and oxygen atoms in total. The van der Waals surface area contributed by atoms with Crippen LogP contribution in [-0.4, -0.2) is 35.8 Å². The highest BCUT2D eigenvalue weighted by Crippen LogP contribution is 2.75. The molecule has 5 aliphatic rings. The smallest absolute Gasteiger partial charge is 0.264 e. The molecule has 2 amide bonds. The van der Waals surface area contributed by atoms with Gasteiger partial charge in [-0.25, -0.2) is 0 Å². The van der Waals surface area contributed by atoms with Crippen molar-refractivity contribution in [2.45, 2.75) is 119 Å². The molecule has 226 valence electrons. The van der Waals surface area contributed by atoms with Crippen LogP contribution in [0, 0.1) is 62.7 Å². The van der Waals surface area contributed by atoms with Crippen molar-refractivity contribution in [2.75, 3.05) is 7.11 Å². The van der Waals surface area contributed by atoms with E-state index in [9.17, 15) is 14.4 Å². The fourth-order valence-corrected chi connectivity index (χ4v) is 11.3. The second kappa shape index (κ2) is 9.43. The minimum atomic E-state index is -0.637. The molecule has 5 aliphatic carbocycles. The van der Waals surface area contributed by atoms with Crippen LogP contribution in [-0.2, 0) is 19.2 Å².